The second-order valence-corrected chi connectivity index (χ2v) is 10.4. The molecule has 1 atom stereocenters. The zero-order valence-electron chi connectivity index (χ0n) is 21.8. The molecule has 0 bridgehead atoms. The van der Waals surface area contributed by atoms with Crippen LogP contribution in [0.2, 0.25) is 5.02 Å². The van der Waals surface area contributed by atoms with Crippen LogP contribution in [0.4, 0.5) is 5.69 Å². The number of hydrogen-bond acceptors (Lipinski definition) is 8. The second-order valence-electron chi connectivity index (χ2n) is 9.56. The lowest BCUT2D eigenvalue weighted by Crippen LogP contribution is -2.38. The molecule has 3 N–H and O–H groups in total. The van der Waals surface area contributed by atoms with Crippen LogP contribution in [-0.2, 0) is 17.8 Å². The molecule has 40 heavy (non-hydrogen) atoms. The van der Waals surface area contributed by atoms with Gasteiger partial charge in [0.05, 0.1) is 36.1 Å². The lowest BCUT2D eigenvalue weighted by molar-refractivity contribution is -0.124. The van der Waals surface area contributed by atoms with Crippen LogP contribution in [0.25, 0.3) is 11.3 Å². The largest absolute Gasteiger partial charge is 0.359 e. The predicted molar refractivity (Wildman–Crippen MR) is 153 cm³/mol. The van der Waals surface area contributed by atoms with Gasteiger partial charge in [0.2, 0.25) is 5.91 Å². The first-order valence-corrected chi connectivity index (χ1v) is 13.4. The molecular formula is C28H27Cl2N7O3. The summed E-state index contributed by atoms with van der Waals surface area (Å²) in [5.74, 6) is 0.385. The highest BCUT2D eigenvalue weighted by Crippen LogP contribution is 2.32. The van der Waals surface area contributed by atoms with E-state index in [9.17, 15) is 9.59 Å². The Morgan fingerprint density at radius 3 is 2.58 bits per heavy atom. The van der Waals surface area contributed by atoms with Gasteiger partial charge in [0.25, 0.3) is 5.56 Å². The molecule has 0 saturated heterocycles. The third-order valence-corrected chi connectivity index (χ3v) is 6.81. The Morgan fingerprint density at radius 2 is 1.90 bits per heavy atom. The first kappa shape index (κ1) is 27.4. The number of aromatic nitrogens is 3. The van der Waals surface area contributed by atoms with Gasteiger partial charge in [-0.15, -0.1) is 5.53 Å². The van der Waals surface area contributed by atoms with Gasteiger partial charge in [-0.3, -0.25) is 24.6 Å². The van der Waals surface area contributed by atoms with Gasteiger partial charge in [0.15, 0.2) is 5.76 Å². The third-order valence-electron chi connectivity index (χ3n) is 6.38. The van der Waals surface area contributed by atoms with Crippen LogP contribution in [0, 0.1) is 0 Å². The summed E-state index contributed by atoms with van der Waals surface area (Å²) in [4.78, 5) is 31.5. The van der Waals surface area contributed by atoms with Gasteiger partial charge in [0.1, 0.15) is 11.2 Å². The van der Waals surface area contributed by atoms with E-state index in [2.05, 4.69) is 26.4 Å². The van der Waals surface area contributed by atoms with E-state index in [4.69, 9.17) is 27.7 Å². The fourth-order valence-corrected chi connectivity index (χ4v) is 4.58. The molecule has 1 aliphatic rings. The highest BCUT2D eigenvalue weighted by atomic mass is 35.5. The van der Waals surface area contributed by atoms with E-state index >= 15 is 0 Å². The molecule has 1 amide bonds. The molecule has 2 aromatic heterocycles. The van der Waals surface area contributed by atoms with E-state index in [0.29, 0.717) is 32.9 Å². The maximum atomic E-state index is 13.5. The highest BCUT2D eigenvalue weighted by Gasteiger charge is 2.24. The Hall–Kier alpha value is -4.12. The topological polar surface area (TPSA) is 117 Å². The molecule has 0 spiro atoms. The molecule has 3 heterocycles. The normalized spacial score (nSPS) is 13.7. The van der Waals surface area contributed by atoms with E-state index < -0.39 is 11.6 Å². The molecule has 10 nitrogen and oxygen atoms in total. The van der Waals surface area contributed by atoms with E-state index in [1.54, 1.807) is 29.4 Å². The summed E-state index contributed by atoms with van der Waals surface area (Å²) in [5.41, 5.74) is 8.67. The molecule has 0 radical (unpaired) electrons. The number of carbonyl (C=O) groups excluding carboxylic acids is 1. The van der Waals surface area contributed by atoms with Gasteiger partial charge in [-0.25, -0.2) is 4.98 Å². The standard InChI is InChI=1S/C28H27Cl2N7O3/c1-17(2)22-12-20(40-34-22)14-31-28(39)25(10-18-6-4-3-5-7-18)36-16-32-23(13-27(36)38)21-11-19(29)8-9-24(21)37-15-26(30)33-35-37/h3-9,11-13,15-17,25,33,35H,10,14H2,1-2H3,(H,31,39)/t25-/m0/s1. The van der Waals surface area contributed by atoms with Crippen LogP contribution in [0.3, 0.4) is 0 Å². The smallest absolute Gasteiger partial charge is 0.254 e. The number of halogens is 2. The first-order chi connectivity index (χ1) is 19.3. The van der Waals surface area contributed by atoms with E-state index in [0.717, 1.165) is 11.3 Å². The van der Waals surface area contributed by atoms with Crippen molar-refractivity contribution in [2.24, 2.45) is 0 Å². The van der Waals surface area contributed by atoms with Gasteiger partial charge in [-0.05, 0) is 29.7 Å². The van der Waals surface area contributed by atoms with Gasteiger partial charge in [-0.1, -0.05) is 72.5 Å². The van der Waals surface area contributed by atoms with E-state index in [-0.39, 0.29) is 24.8 Å². The maximum absolute atomic E-state index is 13.5. The van der Waals surface area contributed by atoms with Crippen molar-refractivity contribution in [2.75, 3.05) is 5.01 Å². The van der Waals surface area contributed by atoms with Crippen LogP contribution in [0.1, 0.15) is 42.8 Å². The summed E-state index contributed by atoms with van der Waals surface area (Å²) >= 11 is 12.3. The van der Waals surface area contributed by atoms with Crippen molar-refractivity contribution in [1.29, 1.82) is 0 Å². The minimum absolute atomic E-state index is 0.142. The number of nitrogens with zero attached hydrogens (tertiary/aromatic N) is 4. The third kappa shape index (κ3) is 6.20. The number of nitrogens with one attached hydrogen (secondary N) is 3. The Bertz CT molecular complexity index is 1600. The fraction of sp³-hybridized carbons (Fsp3) is 0.214. The zero-order chi connectivity index (χ0) is 28.2. The molecule has 0 unspecified atom stereocenters. The van der Waals surface area contributed by atoms with Crippen molar-refractivity contribution in [3.8, 4) is 11.3 Å². The Morgan fingerprint density at radius 1 is 1.10 bits per heavy atom. The Labute approximate surface area is 240 Å². The maximum Gasteiger partial charge on any atom is 0.254 e. The second kappa shape index (κ2) is 12.0. The number of benzene rings is 2. The van der Waals surface area contributed by atoms with Crippen molar-refractivity contribution in [3.05, 3.63) is 111 Å². The average molecular weight is 580 g/mol. The van der Waals surface area contributed by atoms with Crippen molar-refractivity contribution < 1.29 is 9.32 Å². The Kier molecular flexibility index (Phi) is 8.20. The summed E-state index contributed by atoms with van der Waals surface area (Å²) < 4.78 is 6.69. The quantitative estimate of drug-likeness (QED) is 0.245. The summed E-state index contributed by atoms with van der Waals surface area (Å²) in [7, 11) is 0. The number of rotatable bonds is 9. The summed E-state index contributed by atoms with van der Waals surface area (Å²) in [6, 6.07) is 17.1. The van der Waals surface area contributed by atoms with Gasteiger partial charge in [0, 0.05) is 29.1 Å². The number of amides is 1. The molecule has 2 aromatic carbocycles. The number of anilines is 1. The molecule has 206 valence electrons. The van der Waals surface area contributed by atoms with Crippen LogP contribution < -0.4 is 26.8 Å². The first-order valence-electron chi connectivity index (χ1n) is 12.6. The van der Waals surface area contributed by atoms with Crippen LogP contribution >= 0.6 is 23.2 Å². The highest BCUT2D eigenvalue weighted by molar-refractivity contribution is 6.31. The minimum Gasteiger partial charge on any atom is -0.359 e. The molecule has 0 aliphatic carbocycles. The predicted octanol–water partition coefficient (Wildman–Crippen LogP) is 4.64. The van der Waals surface area contributed by atoms with Crippen molar-refractivity contribution in [3.63, 3.8) is 0 Å². The fourth-order valence-electron chi connectivity index (χ4n) is 4.27. The zero-order valence-corrected chi connectivity index (χ0v) is 23.3. The lowest BCUT2D eigenvalue weighted by atomic mass is 10.0. The summed E-state index contributed by atoms with van der Waals surface area (Å²) in [6.45, 7) is 4.16. The van der Waals surface area contributed by atoms with E-state index in [1.807, 2.05) is 50.2 Å². The Balaban J connectivity index is 1.45. The number of carbonyl (C=O) groups is 1. The summed E-state index contributed by atoms with van der Waals surface area (Å²) in [6.07, 6.45) is 3.32. The molecule has 12 heteroatoms. The van der Waals surface area contributed by atoms with Gasteiger partial charge < -0.3 is 9.84 Å². The number of hydrogen-bond donors (Lipinski definition) is 3. The van der Waals surface area contributed by atoms with Gasteiger partial charge in [-0.2, -0.15) is 0 Å². The molecule has 4 aromatic rings. The van der Waals surface area contributed by atoms with Crippen molar-refractivity contribution >= 4 is 34.8 Å². The molecular weight excluding hydrogens is 553 g/mol. The lowest BCUT2D eigenvalue weighted by Gasteiger charge is -2.21. The van der Waals surface area contributed by atoms with Crippen LogP contribution in [0.15, 0.2) is 87.7 Å². The molecule has 5 rings (SSSR count). The molecule has 1 aliphatic heterocycles. The van der Waals surface area contributed by atoms with Crippen molar-refractivity contribution in [2.45, 2.75) is 38.8 Å². The monoisotopic (exact) mass is 579 g/mol. The van der Waals surface area contributed by atoms with Gasteiger partial charge >= 0.3 is 0 Å². The number of hydrazine groups is 2. The molecule has 0 saturated carbocycles. The van der Waals surface area contributed by atoms with Crippen LogP contribution in [-0.4, -0.2) is 20.6 Å². The van der Waals surface area contributed by atoms with Crippen molar-refractivity contribution in [1.82, 2.24) is 31.0 Å². The molecule has 0 fully saturated rings. The summed E-state index contributed by atoms with van der Waals surface area (Å²) in [5, 5.41) is 9.44. The average Bonchev–Trinajstić information content (AvgIpc) is 3.60. The SMILES string of the molecule is CC(C)c1cc(CNC(=O)[C@H](Cc2ccccc2)n2cnc(-c3cc(Cl)ccc3N3C=C(Cl)NN3)cc2=O)on1. The van der Waals surface area contributed by atoms with Crippen LogP contribution in [0.5, 0.6) is 0 Å². The van der Waals surface area contributed by atoms with E-state index in [1.165, 1.54) is 17.0 Å². The minimum atomic E-state index is -0.853.